The fraction of sp³-hybridized carbons (Fsp3) is 0.444. The number of carboxylic acids is 1. The largest absolute Gasteiger partial charge is 0.475 e. The number of aliphatic hydroxyl groups is 1. The number of rotatable bonds is 5. The Morgan fingerprint density at radius 1 is 1.57 bits per heavy atom. The molecule has 1 atom stereocenters. The predicted octanol–water partition coefficient (Wildman–Crippen LogP) is 0.750. The summed E-state index contributed by atoms with van der Waals surface area (Å²) in [5, 5.41) is 17.2. The van der Waals surface area contributed by atoms with Crippen molar-refractivity contribution in [1.82, 2.24) is 0 Å². The molecule has 0 saturated carbocycles. The normalized spacial score (nSPS) is 12.7. The van der Waals surface area contributed by atoms with E-state index in [0.717, 1.165) is 0 Å². The van der Waals surface area contributed by atoms with Crippen molar-refractivity contribution < 1.29 is 19.4 Å². The smallest absolute Gasteiger partial charge is 0.371 e. The molecule has 5 nitrogen and oxygen atoms in total. The summed E-state index contributed by atoms with van der Waals surface area (Å²) in [6.45, 7) is 0.0696. The first-order chi connectivity index (χ1) is 6.65. The Kier molecular flexibility index (Phi) is 3.67. The second-order valence-electron chi connectivity index (χ2n) is 2.98. The van der Waals surface area contributed by atoms with Crippen LogP contribution in [0.2, 0.25) is 0 Å². The average molecular weight is 199 g/mol. The zero-order valence-electron chi connectivity index (χ0n) is 7.64. The van der Waals surface area contributed by atoms with Crippen molar-refractivity contribution in [3.63, 3.8) is 0 Å². The lowest BCUT2D eigenvalue weighted by Crippen LogP contribution is -2.09. The van der Waals surface area contributed by atoms with Gasteiger partial charge < -0.3 is 20.4 Å². The van der Waals surface area contributed by atoms with Crippen LogP contribution in [0.25, 0.3) is 0 Å². The first kappa shape index (κ1) is 10.7. The number of furan rings is 1. The molecule has 0 unspecified atom stereocenters. The number of carbonyl (C=O) groups is 1. The van der Waals surface area contributed by atoms with Crippen LogP contribution in [0.4, 0.5) is 0 Å². The van der Waals surface area contributed by atoms with Crippen LogP contribution in [-0.4, -0.2) is 22.8 Å². The van der Waals surface area contributed by atoms with Crippen molar-refractivity contribution in [2.45, 2.75) is 18.9 Å². The second-order valence-corrected chi connectivity index (χ2v) is 2.98. The van der Waals surface area contributed by atoms with Crippen LogP contribution in [0.15, 0.2) is 16.5 Å². The molecule has 1 aromatic heterocycles. The maximum absolute atomic E-state index is 10.5. The van der Waals surface area contributed by atoms with Crippen LogP contribution in [0.5, 0.6) is 0 Å². The van der Waals surface area contributed by atoms with Crippen molar-refractivity contribution in [2.24, 2.45) is 5.73 Å². The SMILES string of the molecule is N[C@H](CCCO)c1ccc(C(=O)O)o1. The molecule has 0 aliphatic carbocycles. The zero-order valence-corrected chi connectivity index (χ0v) is 7.64. The van der Waals surface area contributed by atoms with Crippen molar-refractivity contribution in [3.8, 4) is 0 Å². The Morgan fingerprint density at radius 2 is 2.29 bits per heavy atom. The van der Waals surface area contributed by atoms with Crippen LogP contribution in [0.1, 0.15) is 35.2 Å². The molecule has 0 saturated heterocycles. The van der Waals surface area contributed by atoms with E-state index in [1.54, 1.807) is 6.07 Å². The summed E-state index contributed by atoms with van der Waals surface area (Å²) in [5.74, 6) is -0.777. The van der Waals surface area contributed by atoms with Gasteiger partial charge in [-0.2, -0.15) is 0 Å². The molecular formula is C9H13NO4. The molecule has 0 amide bonds. The van der Waals surface area contributed by atoms with E-state index in [1.165, 1.54) is 6.07 Å². The highest BCUT2D eigenvalue weighted by atomic mass is 16.4. The van der Waals surface area contributed by atoms with Gasteiger partial charge in [-0.25, -0.2) is 4.79 Å². The Hall–Kier alpha value is -1.33. The fourth-order valence-corrected chi connectivity index (χ4v) is 1.12. The van der Waals surface area contributed by atoms with Gasteiger partial charge >= 0.3 is 5.97 Å². The first-order valence-corrected chi connectivity index (χ1v) is 4.34. The summed E-state index contributed by atoms with van der Waals surface area (Å²) in [6.07, 6.45) is 1.15. The molecule has 5 heteroatoms. The molecular weight excluding hydrogens is 186 g/mol. The van der Waals surface area contributed by atoms with Gasteiger partial charge in [0.2, 0.25) is 5.76 Å². The summed E-state index contributed by atoms with van der Waals surface area (Å²) in [5.41, 5.74) is 5.70. The summed E-state index contributed by atoms with van der Waals surface area (Å²) in [6, 6.07) is 2.57. The van der Waals surface area contributed by atoms with Gasteiger partial charge in [0.15, 0.2) is 0 Å². The average Bonchev–Trinajstić information content (AvgIpc) is 2.62. The lowest BCUT2D eigenvalue weighted by molar-refractivity contribution is 0.0659. The molecule has 1 heterocycles. The van der Waals surface area contributed by atoms with Gasteiger partial charge in [0.25, 0.3) is 0 Å². The lowest BCUT2D eigenvalue weighted by Gasteiger charge is -2.06. The standard InChI is InChI=1S/C9H13NO4/c10-6(2-1-5-11)7-3-4-8(14-7)9(12)13/h3-4,6,11H,1-2,5,10H2,(H,12,13)/t6-/m1/s1. The third-order valence-corrected chi connectivity index (χ3v) is 1.88. The van der Waals surface area contributed by atoms with Crippen LogP contribution in [-0.2, 0) is 0 Å². The topological polar surface area (TPSA) is 96.7 Å². The van der Waals surface area contributed by atoms with E-state index < -0.39 is 5.97 Å². The minimum Gasteiger partial charge on any atom is -0.475 e. The zero-order chi connectivity index (χ0) is 10.6. The molecule has 14 heavy (non-hydrogen) atoms. The van der Waals surface area contributed by atoms with E-state index in [0.29, 0.717) is 18.6 Å². The van der Waals surface area contributed by atoms with Gasteiger partial charge in [-0.3, -0.25) is 0 Å². The van der Waals surface area contributed by atoms with E-state index in [-0.39, 0.29) is 18.4 Å². The van der Waals surface area contributed by atoms with Gasteiger partial charge in [-0.1, -0.05) is 0 Å². The number of hydrogen-bond donors (Lipinski definition) is 3. The van der Waals surface area contributed by atoms with Gasteiger partial charge in [-0.15, -0.1) is 0 Å². The van der Waals surface area contributed by atoms with Crippen LogP contribution in [0, 0.1) is 0 Å². The van der Waals surface area contributed by atoms with Crippen molar-refractivity contribution in [1.29, 1.82) is 0 Å². The van der Waals surface area contributed by atoms with Crippen molar-refractivity contribution >= 4 is 5.97 Å². The molecule has 0 spiro atoms. The molecule has 0 aliphatic heterocycles. The minimum atomic E-state index is -1.11. The van der Waals surface area contributed by atoms with Gasteiger partial charge in [0, 0.05) is 6.61 Å². The third-order valence-electron chi connectivity index (χ3n) is 1.88. The Morgan fingerprint density at radius 3 is 2.79 bits per heavy atom. The molecule has 0 fully saturated rings. The first-order valence-electron chi connectivity index (χ1n) is 4.34. The summed E-state index contributed by atoms with van der Waals surface area (Å²) in [7, 11) is 0. The highest BCUT2D eigenvalue weighted by molar-refractivity contribution is 5.84. The fourth-order valence-electron chi connectivity index (χ4n) is 1.12. The van der Waals surface area contributed by atoms with Gasteiger partial charge in [0.1, 0.15) is 5.76 Å². The molecule has 0 radical (unpaired) electrons. The van der Waals surface area contributed by atoms with Crippen LogP contribution in [0.3, 0.4) is 0 Å². The van der Waals surface area contributed by atoms with E-state index in [9.17, 15) is 4.79 Å². The third kappa shape index (κ3) is 2.58. The number of hydrogen-bond acceptors (Lipinski definition) is 4. The summed E-state index contributed by atoms with van der Waals surface area (Å²) >= 11 is 0. The highest BCUT2D eigenvalue weighted by Gasteiger charge is 2.13. The molecule has 1 aromatic rings. The Labute approximate surface area is 81.1 Å². The Bertz CT molecular complexity index is 308. The van der Waals surface area contributed by atoms with Crippen LogP contribution < -0.4 is 5.73 Å². The summed E-state index contributed by atoms with van der Waals surface area (Å²) < 4.78 is 5.00. The maximum atomic E-state index is 10.5. The molecule has 78 valence electrons. The number of nitrogens with two attached hydrogens (primary N) is 1. The maximum Gasteiger partial charge on any atom is 0.371 e. The lowest BCUT2D eigenvalue weighted by atomic mass is 10.1. The van der Waals surface area contributed by atoms with E-state index in [2.05, 4.69) is 0 Å². The molecule has 0 aliphatic rings. The molecule has 4 N–H and O–H groups in total. The minimum absolute atomic E-state index is 0.0696. The van der Waals surface area contributed by atoms with E-state index in [4.69, 9.17) is 20.4 Å². The van der Waals surface area contributed by atoms with Crippen molar-refractivity contribution in [3.05, 3.63) is 23.7 Å². The van der Waals surface area contributed by atoms with E-state index >= 15 is 0 Å². The van der Waals surface area contributed by atoms with E-state index in [1.807, 2.05) is 0 Å². The quantitative estimate of drug-likeness (QED) is 0.650. The molecule has 1 rings (SSSR count). The van der Waals surface area contributed by atoms with Gasteiger partial charge in [0.05, 0.1) is 6.04 Å². The number of aromatic carboxylic acids is 1. The molecule has 0 aromatic carbocycles. The van der Waals surface area contributed by atoms with Crippen LogP contribution >= 0.6 is 0 Å². The molecule has 0 bridgehead atoms. The Balaban J connectivity index is 2.61. The number of carboxylic acid groups (broad SMARTS) is 1. The highest BCUT2D eigenvalue weighted by Crippen LogP contribution is 2.18. The van der Waals surface area contributed by atoms with Crippen molar-refractivity contribution in [2.75, 3.05) is 6.61 Å². The summed E-state index contributed by atoms with van der Waals surface area (Å²) in [4.78, 5) is 10.5. The second kappa shape index (κ2) is 4.78. The monoisotopic (exact) mass is 199 g/mol. The predicted molar refractivity (Wildman–Crippen MR) is 48.9 cm³/mol. The van der Waals surface area contributed by atoms with Gasteiger partial charge in [-0.05, 0) is 25.0 Å². The number of aliphatic hydroxyl groups excluding tert-OH is 1.